The largest absolute Gasteiger partial charge is 0.454 e. The number of aliphatic hydroxyl groups is 5. The number of carbonyl (C=O) groups is 2. The molecule has 1 aliphatic rings. The van der Waals surface area contributed by atoms with Gasteiger partial charge in [-0.1, -0.05) is 231 Å². The van der Waals surface area contributed by atoms with Crippen LogP contribution in [-0.2, 0) is 23.8 Å². The van der Waals surface area contributed by atoms with Crippen LogP contribution in [0.25, 0.3) is 0 Å². The summed E-state index contributed by atoms with van der Waals surface area (Å²) >= 11 is 0. The van der Waals surface area contributed by atoms with Gasteiger partial charge < -0.3 is 45.1 Å². The Morgan fingerprint density at radius 1 is 0.582 bits per heavy atom. The minimum absolute atomic E-state index is 0.0839. The summed E-state index contributed by atoms with van der Waals surface area (Å²) in [4.78, 5) is 26.3. The first-order valence-corrected chi connectivity index (χ1v) is 27.8. The Morgan fingerprint density at radius 3 is 1.52 bits per heavy atom. The molecule has 1 rings (SSSR count). The normalized spacial score (nSPS) is 20.3. The standard InChI is InChI=1S/C56H103NO10/c1-4-7-10-13-16-19-22-24-25-26-29-32-35-38-41-44-51(61)67-54-53(63)52(62)50(45-58)66-56(54)65-46-47(48(59)42-39-36-33-30-27-21-18-15-12-9-6-3)57-55(64)49(60)43-40-37-34-31-28-23-20-17-14-11-8-5-2/h28,31,37,39-40,42,47-50,52-54,56,58-60,62-63H,4-27,29-30,32-36,38,41,43-46H2,1-3H3,(H,57,64)/b31-28-,40-37+,42-39+. The van der Waals surface area contributed by atoms with Crippen molar-refractivity contribution < 1.29 is 49.3 Å². The van der Waals surface area contributed by atoms with E-state index in [1.165, 1.54) is 154 Å². The third kappa shape index (κ3) is 34.0. The van der Waals surface area contributed by atoms with Crippen LogP contribution in [0.3, 0.4) is 0 Å². The summed E-state index contributed by atoms with van der Waals surface area (Å²) in [6.07, 6.45) is 40.7. The van der Waals surface area contributed by atoms with Gasteiger partial charge in [0.25, 0.3) is 0 Å². The summed E-state index contributed by atoms with van der Waals surface area (Å²) in [5, 5.41) is 56.5. The zero-order chi connectivity index (χ0) is 49.0. The average Bonchev–Trinajstić information content (AvgIpc) is 3.32. The zero-order valence-corrected chi connectivity index (χ0v) is 43.0. The van der Waals surface area contributed by atoms with Crippen molar-refractivity contribution in [2.45, 2.75) is 294 Å². The molecule has 67 heavy (non-hydrogen) atoms. The Balaban J connectivity index is 2.77. The van der Waals surface area contributed by atoms with Gasteiger partial charge in [0.15, 0.2) is 12.4 Å². The van der Waals surface area contributed by atoms with Gasteiger partial charge in [0.05, 0.1) is 25.4 Å². The molecule has 392 valence electrons. The van der Waals surface area contributed by atoms with Gasteiger partial charge >= 0.3 is 5.97 Å². The van der Waals surface area contributed by atoms with E-state index in [0.717, 1.165) is 44.9 Å². The third-order valence-electron chi connectivity index (χ3n) is 13.1. The van der Waals surface area contributed by atoms with E-state index in [9.17, 15) is 35.1 Å². The maximum atomic E-state index is 13.3. The number of nitrogens with one attached hydrogen (secondary N) is 1. The number of hydrogen-bond acceptors (Lipinski definition) is 10. The van der Waals surface area contributed by atoms with Gasteiger partial charge in [-0.05, 0) is 38.5 Å². The smallest absolute Gasteiger partial charge is 0.306 e. The lowest BCUT2D eigenvalue weighted by molar-refractivity contribution is -0.305. The highest BCUT2D eigenvalue weighted by Crippen LogP contribution is 2.26. The number of rotatable bonds is 46. The zero-order valence-electron chi connectivity index (χ0n) is 43.0. The Hall–Kier alpha value is -2.12. The number of hydrogen-bond donors (Lipinski definition) is 6. The van der Waals surface area contributed by atoms with Crippen LogP contribution < -0.4 is 5.32 Å². The summed E-state index contributed by atoms with van der Waals surface area (Å²) in [6, 6.07) is -1.05. The second kappa shape index (κ2) is 45.0. The fraction of sp³-hybridized carbons (Fsp3) is 0.857. The van der Waals surface area contributed by atoms with Crippen LogP contribution in [0.1, 0.15) is 245 Å². The molecule has 8 atom stereocenters. The highest BCUT2D eigenvalue weighted by molar-refractivity contribution is 5.81. The monoisotopic (exact) mass is 950 g/mol. The van der Waals surface area contributed by atoms with E-state index in [2.05, 4.69) is 38.2 Å². The molecule has 0 aromatic rings. The molecule has 0 aliphatic carbocycles. The second-order valence-corrected chi connectivity index (χ2v) is 19.3. The molecular formula is C56H103NO10. The van der Waals surface area contributed by atoms with Crippen molar-refractivity contribution in [3.8, 4) is 0 Å². The second-order valence-electron chi connectivity index (χ2n) is 19.3. The van der Waals surface area contributed by atoms with E-state index >= 15 is 0 Å². The summed E-state index contributed by atoms with van der Waals surface area (Å²) in [7, 11) is 0. The molecule has 1 fully saturated rings. The number of aliphatic hydroxyl groups excluding tert-OH is 5. The first-order valence-electron chi connectivity index (χ1n) is 27.8. The fourth-order valence-corrected chi connectivity index (χ4v) is 8.58. The molecule has 11 nitrogen and oxygen atoms in total. The molecule has 0 radical (unpaired) electrons. The van der Waals surface area contributed by atoms with Crippen molar-refractivity contribution >= 4 is 11.9 Å². The first-order chi connectivity index (χ1) is 32.7. The third-order valence-corrected chi connectivity index (χ3v) is 13.1. The summed E-state index contributed by atoms with van der Waals surface area (Å²) in [6.45, 7) is 5.72. The van der Waals surface area contributed by atoms with Gasteiger partial charge in [-0.2, -0.15) is 0 Å². The van der Waals surface area contributed by atoms with Crippen molar-refractivity contribution in [3.05, 3.63) is 36.5 Å². The lowest BCUT2D eigenvalue weighted by atomic mass is 9.99. The molecule has 8 unspecified atom stereocenters. The number of ether oxygens (including phenoxy) is 3. The molecule has 11 heteroatoms. The summed E-state index contributed by atoms with van der Waals surface area (Å²) in [5.74, 6) is -1.26. The maximum absolute atomic E-state index is 13.3. The van der Waals surface area contributed by atoms with Gasteiger partial charge in [-0.25, -0.2) is 0 Å². The van der Waals surface area contributed by atoms with Crippen molar-refractivity contribution in [1.82, 2.24) is 5.32 Å². The molecule has 0 aromatic heterocycles. The first kappa shape index (κ1) is 62.9. The van der Waals surface area contributed by atoms with E-state index in [0.29, 0.717) is 12.8 Å². The maximum Gasteiger partial charge on any atom is 0.306 e. The van der Waals surface area contributed by atoms with Crippen LogP contribution in [0.5, 0.6) is 0 Å². The van der Waals surface area contributed by atoms with Gasteiger partial charge in [0, 0.05) is 12.8 Å². The van der Waals surface area contributed by atoms with Crippen LogP contribution in [0.4, 0.5) is 0 Å². The molecule has 6 N–H and O–H groups in total. The van der Waals surface area contributed by atoms with Crippen molar-refractivity contribution in [2.24, 2.45) is 0 Å². The molecule has 0 aromatic carbocycles. The molecule has 0 saturated carbocycles. The van der Waals surface area contributed by atoms with Crippen molar-refractivity contribution in [3.63, 3.8) is 0 Å². The minimum Gasteiger partial charge on any atom is -0.454 e. The Kier molecular flexibility index (Phi) is 42.3. The van der Waals surface area contributed by atoms with Crippen molar-refractivity contribution in [2.75, 3.05) is 13.2 Å². The number of esters is 1. The van der Waals surface area contributed by atoms with Crippen LogP contribution in [0, 0.1) is 0 Å². The average molecular weight is 950 g/mol. The van der Waals surface area contributed by atoms with Gasteiger partial charge in [-0.15, -0.1) is 0 Å². The molecule has 0 bridgehead atoms. The Bertz CT molecular complexity index is 1230. The minimum atomic E-state index is -1.62. The summed E-state index contributed by atoms with van der Waals surface area (Å²) < 4.78 is 17.5. The number of unbranched alkanes of at least 4 members (excludes halogenated alkanes) is 29. The molecule has 1 heterocycles. The van der Waals surface area contributed by atoms with E-state index in [-0.39, 0.29) is 19.4 Å². The SMILES string of the molecule is CCCCCCCC/C=C\C/C=C/CC(O)C(=O)NC(COC1OC(CO)C(O)C(O)C1OC(=O)CCCCCCCCCCCCCCCCC)C(O)/C=C/CCCCCCCCCCC. The van der Waals surface area contributed by atoms with Crippen LogP contribution in [-0.4, -0.2) is 99.6 Å². The van der Waals surface area contributed by atoms with Gasteiger partial charge in [0.1, 0.15) is 24.4 Å². The van der Waals surface area contributed by atoms with Gasteiger partial charge in [0.2, 0.25) is 5.91 Å². The van der Waals surface area contributed by atoms with E-state index < -0.39 is 67.4 Å². The van der Waals surface area contributed by atoms with E-state index in [4.69, 9.17) is 14.2 Å². The Morgan fingerprint density at radius 2 is 1.03 bits per heavy atom. The molecule has 1 aliphatic heterocycles. The summed E-state index contributed by atoms with van der Waals surface area (Å²) in [5.41, 5.74) is 0. The predicted molar refractivity (Wildman–Crippen MR) is 274 cm³/mol. The fourth-order valence-electron chi connectivity index (χ4n) is 8.58. The lowest BCUT2D eigenvalue weighted by Gasteiger charge is -2.41. The Labute approximate surface area is 409 Å². The molecule has 1 amide bonds. The molecular weight excluding hydrogens is 847 g/mol. The highest BCUT2D eigenvalue weighted by Gasteiger charge is 2.47. The van der Waals surface area contributed by atoms with Crippen LogP contribution in [0.2, 0.25) is 0 Å². The topological polar surface area (TPSA) is 175 Å². The van der Waals surface area contributed by atoms with Gasteiger partial charge in [-0.3, -0.25) is 9.59 Å². The number of allylic oxidation sites excluding steroid dienone is 4. The number of carbonyl (C=O) groups excluding carboxylic acids is 2. The predicted octanol–water partition coefficient (Wildman–Crippen LogP) is 11.9. The molecule has 1 saturated heterocycles. The van der Waals surface area contributed by atoms with Crippen molar-refractivity contribution in [1.29, 1.82) is 0 Å². The number of amides is 1. The van der Waals surface area contributed by atoms with E-state index in [1.807, 2.05) is 12.2 Å². The quantitative estimate of drug-likeness (QED) is 0.0196. The van der Waals surface area contributed by atoms with Crippen LogP contribution in [0.15, 0.2) is 36.5 Å². The lowest BCUT2D eigenvalue weighted by Crippen LogP contribution is -2.61. The molecule has 0 spiro atoms. The van der Waals surface area contributed by atoms with E-state index in [1.54, 1.807) is 12.2 Å². The van der Waals surface area contributed by atoms with Crippen LogP contribution >= 0.6 is 0 Å². The highest BCUT2D eigenvalue weighted by atomic mass is 16.7.